The molecule has 1 aliphatic rings. The lowest BCUT2D eigenvalue weighted by molar-refractivity contribution is -0.122. The first kappa shape index (κ1) is 20.3. The lowest BCUT2D eigenvalue weighted by atomic mass is 10.1. The van der Waals surface area contributed by atoms with Crippen molar-refractivity contribution in [1.82, 2.24) is 15.1 Å². The number of anilines is 1. The second-order valence-electron chi connectivity index (χ2n) is 7.20. The average molecular weight is 403 g/mol. The SMILES string of the molecule is COc1ccc(CNC(=O)Cn2nc3c(c2NC(=O)CC(C)C)CSC3)cc1. The topological polar surface area (TPSA) is 85.2 Å². The summed E-state index contributed by atoms with van der Waals surface area (Å²) in [7, 11) is 1.62. The highest BCUT2D eigenvalue weighted by atomic mass is 32.2. The molecule has 2 amide bonds. The summed E-state index contributed by atoms with van der Waals surface area (Å²) in [4.78, 5) is 24.7. The molecule has 0 aliphatic carbocycles. The molecule has 0 unspecified atom stereocenters. The molecule has 0 spiro atoms. The van der Waals surface area contributed by atoms with Gasteiger partial charge < -0.3 is 15.4 Å². The number of nitrogens with one attached hydrogen (secondary N) is 2. The highest BCUT2D eigenvalue weighted by Gasteiger charge is 2.25. The fraction of sp³-hybridized carbons (Fsp3) is 0.450. The van der Waals surface area contributed by atoms with Crippen LogP contribution in [0.25, 0.3) is 0 Å². The molecule has 1 aliphatic heterocycles. The maximum atomic E-state index is 12.4. The van der Waals surface area contributed by atoms with E-state index in [4.69, 9.17) is 4.74 Å². The van der Waals surface area contributed by atoms with Gasteiger partial charge in [-0.15, -0.1) is 0 Å². The van der Waals surface area contributed by atoms with Crippen LogP contribution in [0.5, 0.6) is 5.75 Å². The number of fused-ring (bicyclic) bond motifs is 1. The molecule has 0 saturated heterocycles. The standard InChI is InChI=1S/C20H26N4O3S/c1-13(2)8-18(25)22-20-16-11-28-12-17(16)23-24(20)10-19(26)21-9-14-4-6-15(27-3)7-5-14/h4-7,13H,8-12H2,1-3H3,(H,21,26)(H,22,25). The summed E-state index contributed by atoms with van der Waals surface area (Å²) >= 11 is 1.76. The first-order valence-corrected chi connectivity index (χ1v) is 10.5. The Bertz CT molecular complexity index is 846. The molecule has 0 bridgehead atoms. The molecule has 0 radical (unpaired) electrons. The molecule has 2 heterocycles. The molecule has 1 aromatic heterocycles. The van der Waals surface area contributed by atoms with Crippen LogP contribution in [-0.4, -0.2) is 28.7 Å². The van der Waals surface area contributed by atoms with Crippen molar-refractivity contribution in [2.45, 2.75) is 44.9 Å². The first-order valence-electron chi connectivity index (χ1n) is 9.32. The fourth-order valence-corrected chi connectivity index (χ4v) is 4.05. The molecule has 0 saturated carbocycles. The fourth-order valence-electron chi connectivity index (χ4n) is 3.01. The third-order valence-electron chi connectivity index (χ3n) is 4.41. The number of hydrogen-bond donors (Lipinski definition) is 2. The van der Waals surface area contributed by atoms with Gasteiger partial charge in [-0.25, -0.2) is 4.68 Å². The molecule has 2 aromatic rings. The van der Waals surface area contributed by atoms with E-state index in [9.17, 15) is 9.59 Å². The lowest BCUT2D eigenvalue weighted by Crippen LogP contribution is -2.29. The normalized spacial score (nSPS) is 12.7. The molecule has 0 atom stereocenters. The first-order chi connectivity index (χ1) is 13.5. The number of amides is 2. The zero-order valence-electron chi connectivity index (χ0n) is 16.4. The van der Waals surface area contributed by atoms with E-state index in [1.165, 1.54) is 0 Å². The van der Waals surface area contributed by atoms with E-state index < -0.39 is 0 Å². The van der Waals surface area contributed by atoms with Crippen molar-refractivity contribution < 1.29 is 14.3 Å². The second kappa shape index (κ2) is 9.14. The van der Waals surface area contributed by atoms with Gasteiger partial charge >= 0.3 is 0 Å². The third-order valence-corrected chi connectivity index (χ3v) is 5.38. The van der Waals surface area contributed by atoms with E-state index in [1.54, 1.807) is 23.6 Å². The van der Waals surface area contributed by atoms with E-state index >= 15 is 0 Å². The van der Waals surface area contributed by atoms with E-state index in [0.29, 0.717) is 18.8 Å². The lowest BCUT2D eigenvalue weighted by Gasteiger charge is -2.12. The molecule has 3 rings (SSSR count). The molecular formula is C20H26N4O3S. The predicted octanol–water partition coefficient (Wildman–Crippen LogP) is 2.94. The maximum Gasteiger partial charge on any atom is 0.242 e. The van der Waals surface area contributed by atoms with E-state index in [0.717, 1.165) is 34.1 Å². The Morgan fingerprint density at radius 1 is 1.21 bits per heavy atom. The Morgan fingerprint density at radius 3 is 2.64 bits per heavy atom. The summed E-state index contributed by atoms with van der Waals surface area (Å²) in [6.45, 7) is 4.51. The van der Waals surface area contributed by atoms with E-state index in [1.807, 2.05) is 38.1 Å². The smallest absolute Gasteiger partial charge is 0.242 e. The Balaban J connectivity index is 1.64. The Morgan fingerprint density at radius 2 is 1.96 bits per heavy atom. The third kappa shape index (κ3) is 5.07. The number of carbonyl (C=O) groups excluding carboxylic acids is 2. The van der Waals surface area contributed by atoms with Crippen molar-refractivity contribution in [3.8, 4) is 5.75 Å². The Kier molecular flexibility index (Phi) is 6.61. The van der Waals surface area contributed by atoms with Crippen molar-refractivity contribution >= 4 is 29.4 Å². The number of nitrogens with zero attached hydrogens (tertiary/aromatic N) is 2. The van der Waals surface area contributed by atoms with Crippen molar-refractivity contribution in [2.24, 2.45) is 5.92 Å². The Hall–Kier alpha value is -2.48. The molecule has 150 valence electrons. The van der Waals surface area contributed by atoms with Crippen molar-refractivity contribution in [3.63, 3.8) is 0 Å². The number of benzene rings is 1. The molecule has 2 N–H and O–H groups in total. The van der Waals surface area contributed by atoms with E-state index in [-0.39, 0.29) is 24.3 Å². The predicted molar refractivity (Wildman–Crippen MR) is 110 cm³/mol. The Labute approximate surface area is 169 Å². The van der Waals surface area contributed by atoms with Gasteiger partial charge in [-0.05, 0) is 23.6 Å². The zero-order valence-corrected chi connectivity index (χ0v) is 17.3. The van der Waals surface area contributed by atoms with Crippen LogP contribution in [0.15, 0.2) is 24.3 Å². The van der Waals surface area contributed by atoms with Crippen molar-refractivity contribution in [1.29, 1.82) is 0 Å². The maximum absolute atomic E-state index is 12.4. The number of thioether (sulfide) groups is 1. The van der Waals surface area contributed by atoms with Gasteiger partial charge in [0.05, 0.1) is 12.8 Å². The van der Waals surface area contributed by atoms with Crippen LogP contribution in [-0.2, 0) is 34.2 Å². The number of aromatic nitrogens is 2. The summed E-state index contributed by atoms with van der Waals surface area (Å²) in [5.74, 6) is 3.12. The molecule has 0 fully saturated rings. The van der Waals surface area contributed by atoms with Gasteiger partial charge in [0.2, 0.25) is 11.8 Å². The van der Waals surface area contributed by atoms with Gasteiger partial charge in [-0.1, -0.05) is 26.0 Å². The quantitative estimate of drug-likeness (QED) is 0.709. The van der Waals surface area contributed by atoms with Gasteiger partial charge in [0, 0.05) is 30.0 Å². The summed E-state index contributed by atoms with van der Waals surface area (Å²) in [5, 5.41) is 10.4. The summed E-state index contributed by atoms with van der Waals surface area (Å²) < 4.78 is 6.75. The highest BCUT2D eigenvalue weighted by Crippen LogP contribution is 2.34. The minimum Gasteiger partial charge on any atom is -0.497 e. The number of hydrogen-bond acceptors (Lipinski definition) is 5. The number of carbonyl (C=O) groups is 2. The van der Waals surface area contributed by atoms with Gasteiger partial charge in [0.1, 0.15) is 18.1 Å². The van der Waals surface area contributed by atoms with Crippen LogP contribution in [0.1, 0.15) is 37.1 Å². The van der Waals surface area contributed by atoms with Crippen LogP contribution in [0.4, 0.5) is 5.82 Å². The minimum absolute atomic E-state index is 0.0468. The molecule has 1 aromatic carbocycles. The summed E-state index contributed by atoms with van der Waals surface area (Å²) in [6.07, 6.45) is 0.441. The van der Waals surface area contributed by atoms with Gasteiger partial charge in [-0.3, -0.25) is 9.59 Å². The monoisotopic (exact) mass is 402 g/mol. The highest BCUT2D eigenvalue weighted by molar-refractivity contribution is 7.98. The van der Waals surface area contributed by atoms with Crippen LogP contribution in [0.2, 0.25) is 0 Å². The largest absolute Gasteiger partial charge is 0.497 e. The van der Waals surface area contributed by atoms with Crippen LogP contribution in [0.3, 0.4) is 0 Å². The van der Waals surface area contributed by atoms with Crippen LogP contribution >= 0.6 is 11.8 Å². The van der Waals surface area contributed by atoms with Crippen LogP contribution in [0, 0.1) is 5.92 Å². The van der Waals surface area contributed by atoms with Gasteiger partial charge in [-0.2, -0.15) is 16.9 Å². The number of rotatable bonds is 8. The van der Waals surface area contributed by atoms with Crippen molar-refractivity contribution in [2.75, 3.05) is 12.4 Å². The second-order valence-corrected chi connectivity index (χ2v) is 8.18. The summed E-state index contributed by atoms with van der Waals surface area (Å²) in [6, 6.07) is 7.55. The summed E-state index contributed by atoms with van der Waals surface area (Å²) in [5.41, 5.74) is 2.97. The van der Waals surface area contributed by atoms with Crippen molar-refractivity contribution in [3.05, 3.63) is 41.1 Å². The van der Waals surface area contributed by atoms with Gasteiger partial charge in [0.25, 0.3) is 0 Å². The number of methoxy groups -OCH3 is 1. The van der Waals surface area contributed by atoms with Gasteiger partial charge in [0.15, 0.2) is 0 Å². The number of ether oxygens (including phenoxy) is 1. The molecule has 7 nitrogen and oxygen atoms in total. The van der Waals surface area contributed by atoms with Crippen LogP contribution < -0.4 is 15.4 Å². The molecular weight excluding hydrogens is 376 g/mol. The molecule has 8 heteroatoms. The minimum atomic E-state index is -0.149. The zero-order chi connectivity index (χ0) is 20.1. The molecule has 28 heavy (non-hydrogen) atoms. The average Bonchev–Trinajstić information content (AvgIpc) is 3.23. The van der Waals surface area contributed by atoms with E-state index in [2.05, 4.69) is 15.7 Å².